The van der Waals surface area contributed by atoms with E-state index >= 15 is 0 Å². The molecule has 1 aliphatic rings. The van der Waals surface area contributed by atoms with Crippen molar-refractivity contribution in [3.05, 3.63) is 29.8 Å². The number of halogens is 1. The third-order valence-corrected chi connectivity index (χ3v) is 3.36. The quantitative estimate of drug-likeness (QED) is 0.845. The standard InChI is InChI=1S/C13H19FN2O/c1-2-3-11-4-5-12(16-11)13(17)9-6-10(14)8-15-7-9/h6-8,11-13,16-17H,2-5H2,1H3/t11-,12-,13-/m1/s1. The Labute approximate surface area is 101 Å². The van der Waals surface area contributed by atoms with E-state index < -0.39 is 11.9 Å². The Morgan fingerprint density at radius 1 is 1.53 bits per heavy atom. The van der Waals surface area contributed by atoms with Crippen LogP contribution in [-0.4, -0.2) is 22.2 Å². The monoisotopic (exact) mass is 238 g/mol. The van der Waals surface area contributed by atoms with Crippen LogP contribution in [0.2, 0.25) is 0 Å². The lowest BCUT2D eigenvalue weighted by molar-refractivity contribution is 0.134. The average Bonchev–Trinajstić information content (AvgIpc) is 2.77. The van der Waals surface area contributed by atoms with Gasteiger partial charge in [-0.2, -0.15) is 0 Å². The number of hydrogen-bond donors (Lipinski definition) is 2. The highest BCUT2D eigenvalue weighted by molar-refractivity contribution is 5.16. The van der Waals surface area contributed by atoms with Gasteiger partial charge in [-0.25, -0.2) is 4.39 Å². The van der Waals surface area contributed by atoms with Crippen LogP contribution in [0.15, 0.2) is 18.5 Å². The Balaban J connectivity index is 1.99. The summed E-state index contributed by atoms with van der Waals surface area (Å²) in [4.78, 5) is 3.77. The van der Waals surface area contributed by atoms with E-state index in [9.17, 15) is 9.50 Å². The lowest BCUT2D eigenvalue weighted by Crippen LogP contribution is -2.34. The zero-order chi connectivity index (χ0) is 12.3. The van der Waals surface area contributed by atoms with Crippen molar-refractivity contribution in [3.63, 3.8) is 0 Å². The molecule has 1 aromatic rings. The van der Waals surface area contributed by atoms with Crippen molar-refractivity contribution in [2.24, 2.45) is 0 Å². The number of aliphatic hydroxyl groups is 1. The maximum absolute atomic E-state index is 13.0. The highest BCUT2D eigenvalue weighted by atomic mass is 19.1. The molecule has 1 aliphatic heterocycles. The van der Waals surface area contributed by atoms with Crippen LogP contribution in [0.4, 0.5) is 4.39 Å². The van der Waals surface area contributed by atoms with Crippen molar-refractivity contribution >= 4 is 0 Å². The number of nitrogens with one attached hydrogen (secondary N) is 1. The number of aliphatic hydroxyl groups excluding tert-OH is 1. The summed E-state index contributed by atoms with van der Waals surface area (Å²) < 4.78 is 13.0. The SMILES string of the molecule is CCC[C@@H]1CC[C@H]([C@H](O)c2cncc(F)c2)N1. The number of pyridine rings is 1. The molecule has 1 saturated heterocycles. The fraction of sp³-hybridized carbons (Fsp3) is 0.615. The molecular weight excluding hydrogens is 219 g/mol. The van der Waals surface area contributed by atoms with Crippen molar-refractivity contribution in [1.82, 2.24) is 10.3 Å². The second kappa shape index (κ2) is 5.56. The van der Waals surface area contributed by atoms with Gasteiger partial charge in [0, 0.05) is 23.8 Å². The molecule has 0 unspecified atom stereocenters. The van der Waals surface area contributed by atoms with Gasteiger partial charge in [-0.05, 0) is 25.3 Å². The molecule has 0 bridgehead atoms. The molecule has 0 spiro atoms. The first kappa shape index (κ1) is 12.5. The van der Waals surface area contributed by atoms with Crippen LogP contribution in [-0.2, 0) is 0 Å². The number of nitrogens with zero attached hydrogens (tertiary/aromatic N) is 1. The molecule has 17 heavy (non-hydrogen) atoms. The molecule has 2 rings (SSSR count). The predicted molar refractivity (Wildman–Crippen MR) is 64.0 cm³/mol. The fourth-order valence-corrected chi connectivity index (χ4v) is 2.50. The van der Waals surface area contributed by atoms with Gasteiger partial charge >= 0.3 is 0 Å². The van der Waals surface area contributed by atoms with Crippen LogP contribution >= 0.6 is 0 Å². The largest absolute Gasteiger partial charge is 0.387 e. The smallest absolute Gasteiger partial charge is 0.141 e. The summed E-state index contributed by atoms with van der Waals surface area (Å²) in [7, 11) is 0. The maximum atomic E-state index is 13.0. The lowest BCUT2D eigenvalue weighted by Gasteiger charge is -2.20. The molecule has 3 nitrogen and oxygen atoms in total. The van der Waals surface area contributed by atoms with Gasteiger partial charge < -0.3 is 10.4 Å². The van der Waals surface area contributed by atoms with E-state index in [1.165, 1.54) is 12.3 Å². The van der Waals surface area contributed by atoms with Crippen molar-refractivity contribution in [2.45, 2.75) is 50.8 Å². The number of aromatic nitrogens is 1. The van der Waals surface area contributed by atoms with E-state index in [1.54, 1.807) is 0 Å². The van der Waals surface area contributed by atoms with Crippen LogP contribution in [0.3, 0.4) is 0 Å². The summed E-state index contributed by atoms with van der Waals surface area (Å²) in [6, 6.07) is 1.86. The van der Waals surface area contributed by atoms with Gasteiger partial charge in [0.15, 0.2) is 0 Å². The van der Waals surface area contributed by atoms with Crippen LogP contribution < -0.4 is 5.32 Å². The summed E-state index contributed by atoms with van der Waals surface area (Å²) >= 11 is 0. The summed E-state index contributed by atoms with van der Waals surface area (Å²) in [6.45, 7) is 2.15. The molecule has 4 heteroatoms. The Bertz CT molecular complexity index is 372. The summed E-state index contributed by atoms with van der Waals surface area (Å²) in [5.74, 6) is -0.398. The molecule has 0 amide bonds. The lowest BCUT2D eigenvalue weighted by atomic mass is 10.0. The van der Waals surface area contributed by atoms with Gasteiger partial charge in [0.1, 0.15) is 5.82 Å². The maximum Gasteiger partial charge on any atom is 0.141 e. The van der Waals surface area contributed by atoms with Gasteiger partial charge in [-0.1, -0.05) is 13.3 Å². The molecular formula is C13H19FN2O. The zero-order valence-electron chi connectivity index (χ0n) is 10.1. The number of rotatable bonds is 4. The molecule has 2 N–H and O–H groups in total. The Kier molecular flexibility index (Phi) is 4.07. The van der Waals surface area contributed by atoms with Crippen molar-refractivity contribution in [3.8, 4) is 0 Å². The molecule has 1 fully saturated rings. The Hall–Kier alpha value is -1.00. The summed E-state index contributed by atoms with van der Waals surface area (Å²) in [6.07, 6.45) is 6.30. The van der Waals surface area contributed by atoms with E-state index in [4.69, 9.17) is 0 Å². The van der Waals surface area contributed by atoms with Crippen LogP contribution in [0.1, 0.15) is 44.3 Å². The Morgan fingerprint density at radius 2 is 2.35 bits per heavy atom. The fourth-order valence-electron chi connectivity index (χ4n) is 2.50. The molecule has 0 saturated carbocycles. The molecule has 0 radical (unpaired) electrons. The minimum Gasteiger partial charge on any atom is -0.387 e. The molecule has 3 atom stereocenters. The minimum atomic E-state index is -0.667. The first-order chi connectivity index (χ1) is 8.20. The summed E-state index contributed by atoms with van der Waals surface area (Å²) in [5, 5.41) is 13.6. The predicted octanol–water partition coefficient (Wildman–Crippen LogP) is 2.17. The van der Waals surface area contributed by atoms with Gasteiger partial charge in [-0.3, -0.25) is 4.98 Å². The van der Waals surface area contributed by atoms with E-state index in [2.05, 4.69) is 17.2 Å². The highest BCUT2D eigenvalue weighted by Gasteiger charge is 2.29. The van der Waals surface area contributed by atoms with E-state index in [0.717, 1.165) is 31.9 Å². The molecule has 0 aromatic carbocycles. The second-order valence-corrected chi connectivity index (χ2v) is 4.72. The van der Waals surface area contributed by atoms with Gasteiger partial charge in [0.2, 0.25) is 0 Å². The Morgan fingerprint density at radius 3 is 3.06 bits per heavy atom. The highest BCUT2D eigenvalue weighted by Crippen LogP contribution is 2.26. The zero-order valence-corrected chi connectivity index (χ0v) is 10.1. The van der Waals surface area contributed by atoms with Crippen LogP contribution in [0.5, 0.6) is 0 Å². The topological polar surface area (TPSA) is 45.2 Å². The third-order valence-electron chi connectivity index (χ3n) is 3.36. The van der Waals surface area contributed by atoms with Crippen molar-refractivity contribution < 1.29 is 9.50 Å². The van der Waals surface area contributed by atoms with Gasteiger partial charge in [0.05, 0.1) is 12.3 Å². The van der Waals surface area contributed by atoms with Gasteiger partial charge in [-0.15, -0.1) is 0 Å². The van der Waals surface area contributed by atoms with Crippen molar-refractivity contribution in [1.29, 1.82) is 0 Å². The normalized spacial score (nSPS) is 26.1. The molecule has 2 heterocycles. The summed E-state index contributed by atoms with van der Waals surface area (Å²) in [5.41, 5.74) is 0.555. The molecule has 94 valence electrons. The van der Waals surface area contributed by atoms with E-state index in [1.807, 2.05) is 0 Å². The molecule has 0 aliphatic carbocycles. The average molecular weight is 238 g/mol. The van der Waals surface area contributed by atoms with E-state index in [-0.39, 0.29) is 6.04 Å². The third kappa shape index (κ3) is 3.01. The van der Waals surface area contributed by atoms with Crippen LogP contribution in [0.25, 0.3) is 0 Å². The first-order valence-corrected chi connectivity index (χ1v) is 6.25. The van der Waals surface area contributed by atoms with Crippen LogP contribution in [0, 0.1) is 5.82 Å². The van der Waals surface area contributed by atoms with E-state index in [0.29, 0.717) is 11.6 Å². The first-order valence-electron chi connectivity index (χ1n) is 6.25. The second-order valence-electron chi connectivity index (χ2n) is 4.72. The van der Waals surface area contributed by atoms with Gasteiger partial charge in [0.25, 0.3) is 0 Å². The molecule has 1 aromatic heterocycles. The number of hydrogen-bond acceptors (Lipinski definition) is 3. The van der Waals surface area contributed by atoms with Crippen molar-refractivity contribution in [2.75, 3.05) is 0 Å². The minimum absolute atomic E-state index is 0.0233.